The lowest BCUT2D eigenvalue weighted by molar-refractivity contribution is -0.145. The number of esters is 1. The van der Waals surface area contributed by atoms with Gasteiger partial charge < -0.3 is 14.4 Å². The fourth-order valence-electron chi connectivity index (χ4n) is 3.76. The highest BCUT2D eigenvalue weighted by Crippen LogP contribution is 2.28. The predicted octanol–water partition coefficient (Wildman–Crippen LogP) is 3.20. The molecule has 7 nitrogen and oxygen atoms in total. The van der Waals surface area contributed by atoms with Gasteiger partial charge in [0.1, 0.15) is 23.7 Å². The second-order valence-corrected chi connectivity index (χ2v) is 7.45. The van der Waals surface area contributed by atoms with Crippen LogP contribution >= 0.6 is 0 Å². The summed E-state index contributed by atoms with van der Waals surface area (Å²) >= 11 is 0. The predicted molar refractivity (Wildman–Crippen MR) is 111 cm³/mol. The topological polar surface area (TPSA) is 73.7 Å². The molecule has 1 aromatic heterocycles. The lowest BCUT2D eigenvalue weighted by atomic mass is 10.1. The number of rotatable bonds is 5. The van der Waals surface area contributed by atoms with Gasteiger partial charge in [-0.3, -0.25) is 9.48 Å². The van der Waals surface area contributed by atoms with E-state index in [0.29, 0.717) is 11.3 Å². The average Bonchev–Trinajstić information content (AvgIpc) is 3.39. The smallest absolute Gasteiger partial charge is 0.328 e. The summed E-state index contributed by atoms with van der Waals surface area (Å²) in [5.41, 5.74) is 1.38. The summed E-state index contributed by atoms with van der Waals surface area (Å²) in [6.07, 6.45) is -0.431. The Morgan fingerprint density at radius 2 is 1.81 bits per heavy atom. The van der Waals surface area contributed by atoms with Crippen molar-refractivity contribution in [1.82, 2.24) is 14.7 Å². The zero-order valence-electron chi connectivity index (χ0n) is 17.5. The van der Waals surface area contributed by atoms with E-state index in [2.05, 4.69) is 5.10 Å². The van der Waals surface area contributed by atoms with Crippen LogP contribution in [0.1, 0.15) is 16.9 Å². The fraction of sp³-hybridized carbons (Fsp3) is 0.261. The van der Waals surface area contributed by atoms with Gasteiger partial charge in [0.2, 0.25) is 0 Å². The molecule has 9 heteroatoms. The van der Waals surface area contributed by atoms with Gasteiger partial charge in [-0.25, -0.2) is 13.6 Å². The van der Waals surface area contributed by atoms with Crippen LogP contribution in [0.25, 0.3) is 11.3 Å². The molecule has 0 spiro atoms. The Bertz CT molecular complexity index is 1150. The van der Waals surface area contributed by atoms with Crippen molar-refractivity contribution in [3.63, 3.8) is 0 Å². The molecule has 1 aliphatic rings. The van der Waals surface area contributed by atoms with E-state index in [4.69, 9.17) is 9.47 Å². The number of hydrogen-bond donors (Lipinski definition) is 0. The Morgan fingerprint density at radius 1 is 1.09 bits per heavy atom. The molecule has 0 bridgehead atoms. The molecule has 3 aromatic rings. The van der Waals surface area contributed by atoms with E-state index in [9.17, 15) is 18.4 Å². The number of likely N-dealkylation sites (tertiary alicyclic amines) is 1. The highest BCUT2D eigenvalue weighted by atomic mass is 19.1. The van der Waals surface area contributed by atoms with E-state index in [1.54, 1.807) is 37.4 Å². The Hall–Kier alpha value is -3.75. The van der Waals surface area contributed by atoms with Crippen LogP contribution in [0, 0.1) is 11.6 Å². The van der Waals surface area contributed by atoms with Crippen molar-refractivity contribution in [1.29, 1.82) is 0 Å². The highest BCUT2D eigenvalue weighted by molar-refractivity contribution is 5.96. The highest BCUT2D eigenvalue weighted by Gasteiger charge is 2.42. The minimum atomic E-state index is -0.881. The SMILES string of the molecule is COC(=O)[C@@H]1C[C@@H](Oc2ccccc2F)CN1C(=O)c1cc(-c2ccc(F)cc2)nn1C. The number of hydrogen-bond acceptors (Lipinski definition) is 5. The minimum Gasteiger partial charge on any atom is -0.485 e. The van der Waals surface area contributed by atoms with E-state index in [1.165, 1.54) is 41.0 Å². The summed E-state index contributed by atoms with van der Waals surface area (Å²) in [4.78, 5) is 27.0. The molecule has 166 valence electrons. The maximum Gasteiger partial charge on any atom is 0.328 e. The second kappa shape index (κ2) is 8.78. The van der Waals surface area contributed by atoms with Gasteiger partial charge in [0.25, 0.3) is 5.91 Å². The van der Waals surface area contributed by atoms with Crippen LogP contribution in [0.2, 0.25) is 0 Å². The van der Waals surface area contributed by atoms with Gasteiger partial charge in [0, 0.05) is 19.0 Å². The van der Waals surface area contributed by atoms with Crippen molar-refractivity contribution >= 4 is 11.9 Å². The van der Waals surface area contributed by atoms with Gasteiger partial charge in [0.05, 0.1) is 19.3 Å². The summed E-state index contributed by atoms with van der Waals surface area (Å²) in [7, 11) is 2.85. The van der Waals surface area contributed by atoms with E-state index in [1.807, 2.05) is 0 Å². The molecule has 1 fully saturated rings. The Labute approximate surface area is 183 Å². The van der Waals surface area contributed by atoms with Crippen LogP contribution in [0.15, 0.2) is 54.6 Å². The van der Waals surface area contributed by atoms with Gasteiger partial charge in [-0.05, 0) is 42.5 Å². The lowest BCUT2D eigenvalue weighted by Crippen LogP contribution is -2.42. The Balaban J connectivity index is 1.59. The number of carbonyl (C=O) groups excluding carboxylic acids is 2. The normalized spacial score (nSPS) is 17.9. The minimum absolute atomic E-state index is 0.0505. The van der Waals surface area contributed by atoms with Gasteiger partial charge in [-0.15, -0.1) is 0 Å². The first kappa shape index (κ1) is 21.5. The summed E-state index contributed by atoms with van der Waals surface area (Å²) < 4.78 is 39.2. The summed E-state index contributed by atoms with van der Waals surface area (Å²) in [6.45, 7) is 0.0734. The molecule has 0 saturated carbocycles. The molecule has 32 heavy (non-hydrogen) atoms. The largest absolute Gasteiger partial charge is 0.485 e. The van der Waals surface area contributed by atoms with Gasteiger partial charge in [0.15, 0.2) is 11.6 Å². The first-order valence-corrected chi connectivity index (χ1v) is 9.97. The summed E-state index contributed by atoms with van der Waals surface area (Å²) in [5.74, 6) is -1.88. The van der Waals surface area contributed by atoms with Crippen LogP contribution in [0.5, 0.6) is 5.75 Å². The average molecular weight is 441 g/mol. The van der Waals surface area contributed by atoms with E-state index < -0.39 is 29.8 Å². The number of aryl methyl sites for hydroxylation is 1. The number of nitrogens with zero attached hydrogens (tertiary/aromatic N) is 3. The number of carbonyl (C=O) groups is 2. The third-order valence-corrected chi connectivity index (χ3v) is 5.37. The van der Waals surface area contributed by atoms with Crippen molar-refractivity contribution < 1.29 is 27.8 Å². The number of methoxy groups -OCH3 is 1. The van der Waals surface area contributed by atoms with Crippen molar-refractivity contribution in [3.05, 3.63) is 71.9 Å². The molecule has 0 unspecified atom stereocenters. The van der Waals surface area contributed by atoms with Crippen LogP contribution in [-0.4, -0.2) is 52.4 Å². The molecule has 1 saturated heterocycles. The molecule has 1 amide bonds. The quantitative estimate of drug-likeness (QED) is 0.569. The number of para-hydroxylation sites is 1. The zero-order chi connectivity index (χ0) is 22.8. The van der Waals surface area contributed by atoms with Crippen LogP contribution < -0.4 is 4.74 Å². The zero-order valence-corrected chi connectivity index (χ0v) is 17.5. The monoisotopic (exact) mass is 441 g/mol. The van der Waals surface area contributed by atoms with E-state index in [0.717, 1.165) is 0 Å². The molecule has 2 aromatic carbocycles. The first-order valence-electron chi connectivity index (χ1n) is 9.97. The van der Waals surface area contributed by atoms with Crippen LogP contribution in [0.3, 0.4) is 0 Å². The van der Waals surface area contributed by atoms with E-state index in [-0.39, 0.29) is 30.2 Å². The molecule has 0 radical (unpaired) electrons. The standard InChI is InChI=1S/C23H21F2N3O4/c1-27-19(12-18(26-27)14-7-9-15(24)10-8-14)22(29)28-13-16(11-20(28)23(30)31-2)32-21-6-4-3-5-17(21)25/h3-10,12,16,20H,11,13H2,1-2H3/t16-,20+/m1/s1. The fourth-order valence-corrected chi connectivity index (χ4v) is 3.76. The summed E-state index contributed by atoms with van der Waals surface area (Å²) in [6, 6.07) is 12.4. The van der Waals surface area contributed by atoms with Gasteiger partial charge in [-0.1, -0.05) is 12.1 Å². The first-order chi connectivity index (χ1) is 15.4. The molecule has 1 aliphatic heterocycles. The van der Waals surface area contributed by atoms with Crippen molar-refractivity contribution in [2.75, 3.05) is 13.7 Å². The maximum absolute atomic E-state index is 14.0. The van der Waals surface area contributed by atoms with Crippen LogP contribution in [-0.2, 0) is 16.6 Å². The molecular formula is C23H21F2N3O4. The van der Waals surface area contributed by atoms with Gasteiger partial charge >= 0.3 is 5.97 Å². The second-order valence-electron chi connectivity index (χ2n) is 7.45. The number of halogens is 2. The Morgan fingerprint density at radius 3 is 2.50 bits per heavy atom. The molecule has 2 atom stereocenters. The molecule has 0 N–H and O–H groups in total. The van der Waals surface area contributed by atoms with Crippen molar-refractivity contribution in [2.45, 2.75) is 18.6 Å². The van der Waals surface area contributed by atoms with E-state index >= 15 is 0 Å². The molecule has 4 rings (SSSR count). The maximum atomic E-state index is 14.0. The molecular weight excluding hydrogens is 420 g/mol. The van der Waals surface area contributed by atoms with Crippen molar-refractivity contribution in [3.8, 4) is 17.0 Å². The number of amides is 1. The third kappa shape index (κ3) is 4.18. The number of benzene rings is 2. The van der Waals surface area contributed by atoms with Crippen molar-refractivity contribution in [2.24, 2.45) is 7.05 Å². The third-order valence-electron chi connectivity index (χ3n) is 5.37. The number of aromatic nitrogens is 2. The number of ether oxygens (including phenoxy) is 2. The van der Waals surface area contributed by atoms with Crippen LogP contribution in [0.4, 0.5) is 8.78 Å². The lowest BCUT2D eigenvalue weighted by Gasteiger charge is -2.22. The molecule has 2 heterocycles. The summed E-state index contributed by atoms with van der Waals surface area (Å²) in [5, 5.41) is 4.34. The Kier molecular flexibility index (Phi) is 5.89. The van der Waals surface area contributed by atoms with Gasteiger partial charge in [-0.2, -0.15) is 5.10 Å². The molecule has 0 aliphatic carbocycles.